The number of benzene rings is 1. The molecule has 0 radical (unpaired) electrons. The van der Waals surface area contributed by atoms with Crippen LogP contribution < -0.4 is 5.73 Å². The molecular formula is C16H22N2O2. The van der Waals surface area contributed by atoms with E-state index >= 15 is 0 Å². The van der Waals surface area contributed by atoms with Crippen molar-refractivity contribution in [2.75, 3.05) is 6.61 Å². The second kappa shape index (κ2) is 5.19. The van der Waals surface area contributed by atoms with Crippen LogP contribution >= 0.6 is 0 Å². The Morgan fingerprint density at radius 1 is 1.45 bits per heavy atom. The van der Waals surface area contributed by atoms with Crippen molar-refractivity contribution in [1.29, 1.82) is 0 Å². The normalized spacial score (nSPS) is 18.4. The summed E-state index contributed by atoms with van der Waals surface area (Å²) in [6.07, 6.45) is 5.17. The molecule has 1 saturated carbocycles. The van der Waals surface area contributed by atoms with Crippen molar-refractivity contribution in [1.82, 2.24) is 4.98 Å². The number of nitrogens with two attached hydrogens (primary N) is 1. The quantitative estimate of drug-likeness (QED) is 0.848. The summed E-state index contributed by atoms with van der Waals surface area (Å²) in [5, 5.41) is 9.18. The van der Waals surface area contributed by atoms with Gasteiger partial charge in [-0.1, -0.05) is 6.07 Å². The Labute approximate surface area is 119 Å². The van der Waals surface area contributed by atoms with Crippen molar-refractivity contribution in [3.05, 3.63) is 29.7 Å². The predicted octanol–water partition coefficient (Wildman–Crippen LogP) is 2.42. The number of aromatic nitrogens is 1. The van der Waals surface area contributed by atoms with E-state index in [2.05, 4.69) is 17.1 Å². The van der Waals surface area contributed by atoms with E-state index in [4.69, 9.17) is 10.2 Å². The van der Waals surface area contributed by atoms with Crippen molar-refractivity contribution in [3.63, 3.8) is 0 Å². The van der Waals surface area contributed by atoms with Gasteiger partial charge in [0.1, 0.15) is 5.52 Å². The van der Waals surface area contributed by atoms with Gasteiger partial charge in [-0.05, 0) is 56.2 Å². The number of oxazole rings is 1. The molecule has 0 aliphatic heterocycles. The molecule has 3 rings (SSSR count). The van der Waals surface area contributed by atoms with E-state index in [1.54, 1.807) is 0 Å². The molecule has 0 unspecified atom stereocenters. The standard InChI is InChI=1S/C16H22N2O2/c1-16(17,10-19)7-6-12-4-5-14-13(8-12)18-15(20-14)9-11-2-3-11/h4-5,8,11,19H,2-3,6-7,9-10,17H2,1H3/t16-/m1/s1. The van der Waals surface area contributed by atoms with Crippen LogP contribution in [-0.2, 0) is 12.8 Å². The molecule has 0 amide bonds. The molecule has 0 spiro atoms. The summed E-state index contributed by atoms with van der Waals surface area (Å²) in [5.41, 5.74) is 8.42. The number of nitrogens with zero attached hydrogens (tertiary/aromatic N) is 1. The summed E-state index contributed by atoms with van der Waals surface area (Å²) in [6, 6.07) is 6.12. The first-order valence-corrected chi connectivity index (χ1v) is 7.34. The third-order valence-electron chi connectivity index (χ3n) is 4.00. The second-order valence-corrected chi connectivity index (χ2v) is 6.37. The SMILES string of the molecule is C[C@](N)(CO)CCc1ccc2oc(CC3CC3)nc2c1. The minimum atomic E-state index is -0.518. The number of fused-ring (bicyclic) bond motifs is 1. The van der Waals surface area contributed by atoms with Crippen LogP contribution in [0.4, 0.5) is 0 Å². The van der Waals surface area contributed by atoms with Gasteiger partial charge >= 0.3 is 0 Å². The van der Waals surface area contributed by atoms with Gasteiger partial charge in [-0.15, -0.1) is 0 Å². The lowest BCUT2D eigenvalue weighted by Gasteiger charge is -2.21. The minimum absolute atomic E-state index is 0.00470. The van der Waals surface area contributed by atoms with Crippen molar-refractivity contribution in [3.8, 4) is 0 Å². The molecule has 1 fully saturated rings. The topological polar surface area (TPSA) is 72.3 Å². The van der Waals surface area contributed by atoms with Crippen LogP contribution in [0.3, 0.4) is 0 Å². The van der Waals surface area contributed by atoms with Gasteiger partial charge in [-0.25, -0.2) is 4.98 Å². The Hall–Kier alpha value is -1.39. The molecule has 1 aliphatic rings. The smallest absolute Gasteiger partial charge is 0.195 e. The van der Waals surface area contributed by atoms with Gasteiger partial charge < -0.3 is 15.3 Å². The van der Waals surface area contributed by atoms with E-state index in [-0.39, 0.29) is 6.61 Å². The van der Waals surface area contributed by atoms with Crippen molar-refractivity contribution in [2.24, 2.45) is 11.7 Å². The summed E-state index contributed by atoms with van der Waals surface area (Å²) >= 11 is 0. The summed E-state index contributed by atoms with van der Waals surface area (Å²) < 4.78 is 5.76. The Balaban J connectivity index is 1.72. The van der Waals surface area contributed by atoms with E-state index in [0.29, 0.717) is 0 Å². The van der Waals surface area contributed by atoms with Crippen LogP contribution in [-0.4, -0.2) is 22.2 Å². The van der Waals surface area contributed by atoms with Crippen molar-refractivity contribution in [2.45, 2.75) is 44.6 Å². The van der Waals surface area contributed by atoms with E-state index in [1.165, 1.54) is 18.4 Å². The van der Waals surface area contributed by atoms with Gasteiger partial charge in [-0.3, -0.25) is 0 Å². The van der Waals surface area contributed by atoms with Crippen LogP contribution in [0.25, 0.3) is 11.1 Å². The highest BCUT2D eigenvalue weighted by Crippen LogP contribution is 2.33. The number of rotatable bonds is 6. The summed E-state index contributed by atoms with van der Waals surface area (Å²) in [6.45, 7) is 1.88. The van der Waals surface area contributed by atoms with Gasteiger partial charge in [0.05, 0.1) is 6.61 Å². The molecule has 1 aliphatic carbocycles. The fourth-order valence-electron chi connectivity index (χ4n) is 2.34. The van der Waals surface area contributed by atoms with Gasteiger partial charge in [0.15, 0.2) is 11.5 Å². The first-order chi connectivity index (χ1) is 9.55. The lowest BCUT2D eigenvalue weighted by atomic mass is 9.95. The molecular weight excluding hydrogens is 252 g/mol. The molecule has 4 nitrogen and oxygen atoms in total. The lowest BCUT2D eigenvalue weighted by Crippen LogP contribution is -2.40. The fraction of sp³-hybridized carbons (Fsp3) is 0.562. The lowest BCUT2D eigenvalue weighted by molar-refractivity contribution is 0.200. The molecule has 0 bridgehead atoms. The monoisotopic (exact) mass is 274 g/mol. The number of aryl methyl sites for hydroxylation is 1. The predicted molar refractivity (Wildman–Crippen MR) is 78.4 cm³/mol. The van der Waals surface area contributed by atoms with E-state index in [9.17, 15) is 5.11 Å². The van der Waals surface area contributed by atoms with Gasteiger partial charge in [0.2, 0.25) is 0 Å². The van der Waals surface area contributed by atoms with Crippen LogP contribution in [0.5, 0.6) is 0 Å². The van der Waals surface area contributed by atoms with Crippen LogP contribution in [0, 0.1) is 5.92 Å². The highest BCUT2D eigenvalue weighted by Gasteiger charge is 2.24. The van der Waals surface area contributed by atoms with Gasteiger partial charge in [0.25, 0.3) is 0 Å². The van der Waals surface area contributed by atoms with Crippen LogP contribution in [0.1, 0.15) is 37.6 Å². The maximum absolute atomic E-state index is 9.18. The fourth-order valence-corrected chi connectivity index (χ4v) is 2.34. The molecule has 1 aromatic carbocycles. The molecule has 4 heteroatoms. The Bertz CT molecular complexity index is 600. The van der Waals surface area contributed by atoms with E-state index in [1.807, 2.05) is 13.0 Å². The van der Waals surface area contributed by atoms with E-state index in [0.717, 1.165) is 42.2 Å². The summed E-state index contributed by atoms with van der Waals surface area (Å²) in [7, 11) is 0. The summed E-state index contributed by atoms with van der Waals surface area (Å²) in [5.74, 6) is 1.64. The third kappa shape index (κ3) is 3.19. The molecule has 108 valence electrons. The van der Waals surface area contributed by atoms with Gasteiger partial charge in [-0.2, -0.15) is 0 Å². The first-order valence-electron chi connectivity index (χ1n) is 7.34. The zero-order chi connectivity index (χ0) is 14.2. The maximum atomic E-state index is 9.18. The van der Waals surface area contributed by atoms with Gasteiger partial charge in [0, 0.05) is 12.0 Å². The van der Waals surface area contributed by atoms with Crippen LogP contribution in [0.15, 0.2) is 22.6 Å². The number of aliphatic hydroxyl groups excluding tert-OH is 1. The highest BCUT2D eigenvalue weighted by molar-refractivity contribution is 5.73. The molecule has 0 saturated heterocycles. The number of hydrogen-bond donors (Lipinski definition) is 2. The molecule has 1 heterocycles. The Morgan fingerprint density at radius 3 is 2.95 bits per heavy atom. The zero-order valence-electron chi connectivity index (χ0n) is 11.9. The number of aliphatic hydroxyl groups is 1. The van der Waals surface area contributed by atoms with Crippen molar-refractivity contribution >= 4 is 11.1 Å². The zero-order valence-corrected chi connectivity index (χ0v) is 11.9. The molecule has 20 heavy (non-hydrogen) atoms. The Kier molecular flexibility index (Phi) is 3.52. The molecule has 3 N–H and O–H groups in total. The summed E-state index contributed by atoms with van der Waals surface area (Å²) in [4.78, 5) is 4.57. The molecule has 1 aromatic heterocycles. The van der Waals surface area contributed by atoms with Crippen LogP contribution in [0.2, 0.25) is 0 Å². The number of hydrogen-bond acceptors (Lipinski definition) is 4. The second-order valence-electron chi connectivity index (χ2n) is 6.37. The maximum Gasteiger partial charge on any atom is 0.195 e. The molecule has 2 aromatic rings. The highest BCUT2D eigenvalue weighted by atomic mass is 16.3. The Morgan fingerprint density at radius 2 is 2.25 bits per heavy atom. The van der Waals surface area contributed by atoms with E-state index < -0.39 is 5.54 Å². The minimum Gasteiger partial charge on any atom is -0.441 e. The van der Waals surface area contributed by atoms with Crippen molar-refractivity contribution < 1.29 is 9.52 Å². The first kappa shape index (κ1) is 13.6. The average molecular weight is 274 g/mol. The third-order valence-corrected chi connectivity index (χ3v) is 4.00. The largest absolute Gasteiger partial charge is 0.441 e. The molecule has 1 atom stereocenters. The average Bonchev–Trinajstić information content (AvgIpc) is 3.14.